The maximum atomic E-state index is 11.0. The summed E-state index contributed by atoms with van der Waals surface area (Å²) >= 11 is 0. The summed E-state index contributed by atoms with van der Waals surface area (Å²) in [7, 11) is 0. The van der Waals surface area contributed by atoms with E-state index in [0.29, 0.717) is 17.3 Å². The highest BCUT2D eigenvalue weighted by molar-refractivity contribution is 6.09. The molecule has 23 heavy (non-hydrogen) atoms. The van der Waals surface area contributed by atoms with Crippen molar-refractivity contribution in [2.75, 3.05) is 0 Å². The summed E-state index contributed by atoms with van der Waals surface area (Å²) in [5, 5.41) is 23.3. The van der Waals surface area contributed by atoms with Gasteiger partial charge in [-0.1, -0.05) is 12.2 Å². The van der Waals surface area contributed by atoms with Gasteiger partial charge in [0, 0.05) is 52.6 Å². The highest BCUT2D eigenvalue weighted by Gasteiger charge is 2.17. The maximum absolute atomic E-state index is 11.0. The van der Waals surface area contributed by atoms with E-state index in [1.807, 2.05) is 11.5 Å². The van der Waals surface area contributed by atoms with Gasteiger partial charge in [0.25, 0.3) is 11.4 Å². The van der Waals surface area contributed by atoms with Crippen molar-refractivity contribution in [1.82, 2.24) is 4.57 Å². The average Bonchev–Trinajstić information content (AvgIpc) is 2.80. The maximum Gasteiger partial charge on any atom is 0.270 e. The minimum atomic E-state index is -0.473. The quantitative estimate of drug-likeness (QED) is 0.410. The number of rotatable bonds is 4. The standard InChI is InChI=1S/C16H13N3O4/c1-10(2)9-17-15-5-3-11(18(20)21)7-13(15)14-8-12(19(22)23)4-6-16(14)17/h3-8H,1,9H2,2H3. The van der Waals surface area contributed by atoms with E-state index in [9.17, 15) is 20.2 Å². The third kappa shape index (κ3) is 2.42. The molecule has 0 saturated carbocycles. The lowest BCUT2D eigenvalue weighted by Crippen LogP contribution is -1.98. The first-order chi connectivity index (χ1) is 10.9. The van der Waals surface area contributed by atoms with Gasteiger partial charge in [0.1, 0.15) is 0 Å². The summed E-state index contributed by atoms with van der Waals surface area (Å²) in [5.74, 6) is 0. The van der Waals surface area contributed by atoms with Gasteiger partial charge in [-0.15, -0.1) is 0 Å². The van der Waals surface area contributed by atoms with Crippen LogP contribution in [0, 0.1) is 20.2 Å². The lowest BCUT2D eigenvalue weighted by molar-refractivity contribution is -0.385. The molecule has 0 N–H and O–H groups in total. The zero-order chi connectivity index (χ0) is 16.7. The fraction of sp³-hybridized carbons (Fsp3) is 0.125. The Kier molecular flexibility index (Phi) is 3.33. The average molecular weight is 311 g/mol. The normalized spacial score (nSPS) is 11.0. The van der Waals surface area contributed by atoms with E-state index < -0.39 is 9.85 Å². The molecule has 0 saturated heterocycles. The monoisotopic (exact) mass is 311 g/mol. The molecule has 0 amide bonds. The van der Waals surface area contributed by atoms with Crippen molar-refractivity contribution in [3.8, 4) is 0 Å². The number of non-ortho nitro benzene ring substituents is 2. The minimum Gasteiger partial charge on any atom is -0.336 e. The molecule has 0 aliphatic rings. The van der Waals surface area contributed by atoms with Gasteiger partial charge in [-0.05, 0) is 19.1 Å². The van der Waals surface area contributed by atoms with Crippen molar-refractivity contribution in [3.05, 3.63) is 68.8 Å². The molecule has 3 aromatic rings. The summed E-state index contributed by atoms with van der Waals surface area (Å²) in [4.78, 5) is 21.1. The van der Waals surface area contributed by atoms with Crippen molar-refractivity contribution >= 4 is 33.2 Å². The predicted octanol–water partition coefficient (Wildman–Crippen LogP) is 4.19. The number of aromatic nitrogens is 1. The number of allylic oxidation sites excluding steroid dienone is 1. The Morgan fingerprint density at radius 3 is 1.78 bits per heavy atom. The summed E-state index contributed by atoms with van der Waals surface area (Å²) in [5.41, 5.74) is 2.40. The van der Waals surface area contributed by atoms with Gasteiger partial charge in [-0.2, -0.15) is 0 Å². The van der Waals surface area contributed by atoms with Crippen LogP contribution in [0.1, 0.15) is 6.92 Å². The predicted molar refractivity (Wildman–Crippen MR) is 87.6 cm³/mol. The van der Waals surface area contributed by atoms with Gasteiger partial charge in [0.05, 0.1) is 9.85 Å². The number of nitrogens with zero attached hydrogens (tertiary/aromatic N) is 3. The van der Waals surface area contributed by atoms with Crippen LogP contribution in [0.3, 0.4) is 0 Å². The van der Waals surface area contributed by atoms with Crippen LogP contribution in [0.2, 0.25) is 0 Å². The molecule has 1 heterocycles. The van der Waals surface area contributed by atoms with E-state index in [1.165, 1.54) is 24.3 Å². The second-order valence-electron chi connectivity index (χ2n) is 5.46. The van der Waals surface area contributed by atoms with Crippen LogP contribution < -0.4 is 0 Å². The van der Waals surface area contributed by atoms with Crippen molar-refractivity contribution < 1.29 is 9.85 Å². The zero-order valence-corrected chi connectivity index (χ0v) is 12.4. The Morgan fingerprint density at radius 2 is 1.43 bits per heavy atom. The van der Waals surface area contributed by atoms with Gasteiger partial charge >= 0.3 is 0 Å². The van der Waals surface area contributed by atoms with E-state index in [0.717, 1.165) is 16.6 Å². The topological polar surface area (TPSA) is 91.2 Å². The second-order valence-corrected chi connectivity index (χ2v) is 5.46. The molecule has 0 spiro atoms. The molecule has 0 radical (unpaired) electrons. The van der Waals surface area contributed by atoms with Crippen molar-refractivity contribution in [2.45, 2.75) is 13.5 Å². The van der Waals surface area contributed by atoms with Crippen LogP contribution in [0.4, 0.5) is 11.4 Å². The highest BCUT2D eigenvalue weighted by atomic mass is 16.6. The molecule has 0 unspecified atom stereocenters. The largest absolute Gasteiger partial charge is 0.336 e. The van der Waals surface area contributed by atoms with E-state index in [-0.39, 0.29) is 11.4 Å². The number of fused-ring (bicyclic) bond motifs is 3. The first-order valence-corrected chi connectivity index (χ1v) is 6.87. The summed E-state index contributed by atoms with van der Waals surface area (Å²) in [6.07, 6.45) is 0. The van der Waals surface area contributed by atoms with Crippen LogP contribution in [0.25, 0.3) is 21.8 Å². The van der Waals surface area contributed by atoms with Gasteiger partial charge in [-0.3, -0.25) is 20.2 Å². The number of nitro groups is 2. The van der Waals surface area contributed by atoms with Crippen LogP contribution >= 0.6 is 0 Å². The third-order valence-corrected chi connectivity index (χ3v) is 3.68. The Morgan fingerprint density at radius 1 is 1.00 bits per heavy atom. The van der Waals surface area contributed by atoms with Crippen LogP contribution in [0.5, 0.6) is 0 Å². The molecule has 0 aliphatic heterocycles. The van der Waals surface area contributed by atoms with Gasteiger partial charge < -0.3 is 4.57 Å². The Bertz CT molecular complexity index is 917. The molecular weight excluding hydrogens is 298 g/mol. The van der Waals surface area contributed by atoms with Crippen LogP contribution in [0.15, 0.2) is 48.6 Å². The van der Waals surface area contributed by atoms with Crippen molar-refractivity contribution in [3.63, 3.8) is 0 Å². The molecule has 7 heteroatoms. The van der Waals surface area contributed by atoms with E-state index >= 15 is 0 Å². The summed E-state index contributed by atoms with van der Waals surface area (Å²) < 4.78 is 1.96. The van der Waals surface area contributed by atoms with E-state index in [1.54, 1.807) is 12.1 Å². The van der Waals surface area contributed by atoms with Crippen LogP contribution in [-0.2, 0) is 6.54 Å². The van der Waals surface area contributed by atoms with Crippen molar-refractivity contribution in [1.29, 1.82) is 0 Å². The molecule has 3 rings (SSSR count). The highest BCUT2D eigenvalue weighted by Crippen LogP contribution is 2.34. The minimum absolute atomic E-state index is 0.0432. The fourth-order valence-electron chi connectivity index (χ4n) is 2.75. The SMILES string of the molecule is C=C(C)Cn1c2ccc([N+](=O)[O-])cc2c2cc([N+](=O)[O-])ccc21. The van der Waals surface area contributed by atoms with Gasteiger partial charge in [0.2, 0.25) is 0 Å². The molecule has 7 nitrogen and oxygen atoms in total. The molecule has 0 fully saturated rings. The Hall–Kier alpha value is -3.22. The molecule has 2 aromatic carbocycles. The molecular formula is C16H13N3O4. The lowest BCUT2D eigenvalue weighted by Gasteiger charge is -2.06. The van der Waals surface area contributed by atoms with Gasteiger partial charge in [-0.25, -0.2) is 0 Å². The summed E-state index contributed by atoms with van der Waals surface area (Å²) in [6, 6.07) is 9.12. The number of hydrogen-bond acceptors (Lipinski definition) is 4. The Labute approximate surface area is 130 Å². The van der Waals surface area contributed by atoms with E-state index in [2.05, 4.69) is 6.58 Å². The molecule has 0 bridgehead atoms. The fourth-order valence-corrected chi connectivity index (χ4v) is 2.75. The second kappa shape index (κ2) is 5.20. The van der Waals surface area contributed by atoms with Crippen molar-refractivity contribution in [2.24, 2.45) is 0 Å². The van der Waals surface area contributed by atoms with Crippen LogP contribution in [-0.4, -0.2) is 14.4 Å². The smallest absolute Gasteiger partial charge is 0.270 e. The Balaban J connectivity index is 2.42. The number of benzene rings is 2. The first-order valence-electron chi connectivity index (χ1n) is 6.87. The molecule has 0 aliphatic carbocycles. The third-order valence-electron chi connectivity index (χ3n) is 3.68. The lowest BCUT2D eigenvalue weighted by atomic mass is 10.1. The molecule has 1 aromatic heterocycles. The van der Waals surface area contributed by atoms with Gasteiger partial charge in [0.15, 0.2) is 0 Å². The number of nitro benzene ring substituents is 2. The first kappa shape index (κ1) is 14.7. The zero-order valence-electron chi connectivity index (χ0n) is 12.4. The number of hydrogen-bond donors (Lipinski definition) is 0. The van der Waals surface area contributed by atoms with E-state index in [4.69, 9.17) is 0 Å². The summed E-state index contributed by atoms with van der Waals surface area (Å²) in [6.45, 7) is 6.32. The molecule has 0 atom stereocenters. The molecule has 116 valence electrons.